The van der Waals surface area contributed by atoms with Crippen LogP contribution in [-0.4, -0.2) is 22.5 Å². The number of aromatic amines is 1. The highest BCUT2D eigenvalue weighted by Gasteiger charge is 2.31. The molecule has 0 saturated carbocycles. The van der Waals surface area contributed by atoms with Gasteiger partial charge in [0.1, 0.15) is 0 Å². The summed E-state index contributed by atoms with van der Waals surface area (Å²) in [5, 5.41) is 0. The van der Waals surface area contributed by atoms with Crippen molar-refractivity contribution < 1.29 is 0 Å². The molecule has 2 atom stereocenters. The fourth-order valence-corrected chi connectivity index (χ4v) is 4.17. The zero-order valence-corrected chi connectivity index (χ0v) is 12.8. The molecule has 2 unspecified atom stereocenters. The maximum Gasteiger partial charge on any atom is 0.0388 e. The van der Waals surface area contributed by atoms with Crippen molar-refractivity contribution >= 4 is 0 Å². The van der Waals surface area contributed by atoms with Gasteiger partial charge in [-0.1, -0.05) is 24.3 Å². The molecule has 110 valence electrons. The first-order valence-corrected chi connectivity index (χ1v) is 8.22. The van der Waals surface area contributed by atoms with Crippen molar-refractivity contribution in [2.75, 3.05) is 6.54 Å². The average Bonchev–Trinajstić information content (AvgIpc) is 2.85. The first kappa shape index (κ1) is 13.1. The number of hydrogen-bond donors (Lipinski definition) is 1. The number of benzene rings is 1. The van der Waals surface area contributed by atoms with Crippen LogP contribution in [0, 0.1) is 12.8 Å². The third kappa shape index (κ3) is 2.65. The number of nitrogens with one attached hydrogen (secondary N) is 1. The van der Waals surface area contributed by atoms with Gasteiger partial charge < -0.3 is 4.98 Å². The maximum atomic E-state index is 3.43. The topological polar surface area (TPSA) is 19.0 Å². The van der Waals surface area contributed by atoms with Crippen LogP contribution in [0.4, 0.5) is 0 Å². The van der Waals surface area contributed by atoms with Crippen molar-refractivity contribution in [3.8, 4) is 0 Å². The number of rotatable bonds is 2. The van der Waals surface area contributed by atoms with Crippen LogP contribution in [0.15, 0.2) is 36.5 Å². The molecule has 1 aromatic carbocycles. The lowest BCUT2D eigenvalue weighted by Gasteiger charge is -2.42. The van der Waals surface area contributed by atoms with Crippen molar-refractivity contribution in [3.05, 3.63) is 58.9 Å². The molecule has 1 aromatic heterocycles. The number of aryl methyl sites for hydroxylation is 1. The molecular formula is C19H24N2. The molecule has 0 amide bonds. The second-order valence-corrected chi connectivity index (χ2v) is 6.91. The molecule has 0 radical (unpaired) electrons. The van der Waals surface area contributed by atoms with Crippen molar-refractivity contribution in [3.63, 3.8) is 0 Å². The first-order chi connectivity index (χ1) is 10.3. The fourth-order valence-electron chi connectivity index (χ4n) is 4.17. The number of H-pyrrole nitrogens is 1. The first-order valence-electron chi connectivity index (χ1n) is 8.22. The molecule has 1 saturated heterocycles. The van der Waals surface area contributed by atoms with E-state index >= 15 is 0 Å². The molecule has 2 bridgehead atoms. The predicted molar refractivity (Wildman–Crippen MR) is 86.3 cm³/mol. The van der Waals surface area contributed by atoms with Gasteiger partial charge in [-0.25, -0.2) is 0 Å². The largest absolute Gasteiger partial charge is 0.364 e. The molecule has 1 fully saturated rings. The zero-order chi connectivity index (χ0) is 14.2. The second kappa shape index (κ2) is 5.34. The fraction of sp³-hybridized carbons (Fsp3) is 0.474. The van der Waals surface area contributed by atoms with Crippen LogP contribution in [0.2, 0.25) is 0 Å². The molecule has 2 aliphatic heterocycles. The smallest absolute Gasteiger partial charge is 0.0388 e. The van der Waals surface area contributed by atoms with Gasteiger partial charge in [0, 0.05) is 31.0 Å². The summed E-state index contributed by atoms with van der Waals surface area (Å²) < 4.78 is 0. The minimum absolute atomic E-state index is 0.714. The van der Waals surface area contributed by atoms with E-state index in [1.165, 1.54) is 43.5 Å². The minimum atomic E-state index is 0.714. The van der Waals surface area contributed by atoms with Crippen molar-refractivity contribution in [1.82, 2.24) is 9.88 Å². The van der Waals surface area contributed by atoms with E-state index < -0.39 is 0 Å². The Balaban J connectivity index is 1.58. The predicted octanol–water partition coefficient (Wildman–Crippen LogP) is 3.70. The molecule has 1 N–H and O–H groups in total. The van der Waals surface area contributed by atoms with Gasteiger partial charge in [0.15, 0.2) is 0 Å². The summed E-state index contributed by atoms with van der Waals surface area (Å²) in [6, 6.07) is 12.1. The van der Waals surface area contributed by atoms with Gasteiger partial charge in [-0.15, -0.1) is 0 Å². The van der Waals surface area contributed by atoms with Crippen LogP contribution < -0.4 is 0 Å². The summed E-state index contributed by atoms with van der Waals surface area (Å²) in [6.45, 7) is 4.50. The third-order valence-corrected chi connectivity index (χ3v) is 5.26. The van der Waals surface area contributed by atoms with Gasteiger partial charge >= 0.3 is 0 Å². The Labute approximate surface area is 127 Å². The quantitative estimate of drug-likeness (QED) is 0.888. The third-order valence-electron chi connectivity index (χ3n) is 5.26. The lowest BCUT2D eigenvalue weighted by molar-refractivity contribution is 0.0927. The Morgan fingerprint density at radius 3 is 2.71 bits per heavy atom. The standard InChI is InChI=1S/C19H24N2/c1-14-8-18(20-11-14)13-21-12-15-6-7-19(21)10-17-5-3-2-4-16(17)9-15/h2-5,8,11,15,19-20H,6-7,9-10,12-13H2,1H3. The average molecular weight is 280 g/mol. The Bertz CT molecular complexity index is 628. The minimum Gasteiger partial charge on any atom is -0.364 e. The SMILES string of the molecule is Cc1c[nH]c(CN2CC3CCC2Cc2ccccc2C3)c1. The van der Waals surface area contributed by atoms with Gasteiger partial charge in [-0.2, -0.15) is 0 Å². The molecule has 0 spiro atoms. The van der Waals surface area contributed by atoms with Gasteiger partial charge in [0.25, 0.3) is 0 Å². The number of aromatic nitrogens is 1. The number of fused-ring (bicyclic) bond motifs is 2. The lowest BCUT2D eigenvalue weighted by atomic mass is 9.80. The van der Waals surface area contributed by atoms with Gasteiger partial charge in [-0.3, -0.25) is 4.90 Å². The molecule has 2 aromatic rings. The van der Waals surface area contributed by atoms with Gasteiger partial charge in [0.05, 0.1) is 0 Å². The van der Waals surface area contributed by atoms with E-state index in [9.17, 15) is 0 Å². The molecular weight excluding hydrogens is 256 g/mol. The van der Waals surface area contributed by atoms with Crippen LogP contribution in [0.1, 0.15) is 35.2 Å². The lowest BCUT2D eigenvalue weighted by Crippen LogP contribution is -2.46. The summed E-state index contributed by atoms with van der Waals surface area (Å²) in [7, 11) is 0. The number of piperidine rings is 1. The van der Waals surface area contributed by atoms with Crippen LogP contribution in [0.25, 0.3) is 0 Å². The molecule has 5 rings (SSSR count). The van der Waals surface area contributed by atoms with Crippen LogP contribution in [-0.2, 0) is 19.4 Å². The normalized spacial score (nSPS) is 25.4. The van der Waals surface area contributed by atoms with Crippen molar-refractivity contribution in [2.24, 2.45) is 5.92 Å². The van der Waals surface area contributed by atoms with Gasteiger partial charge in [0.2, 0.25) is 0 Å². The van der Waals surface area contributed by atoms with Gasteiger partial charge in [-0.05, 0) is 61.3 Å². The summed E-state index contributed by atoms with van der Waals surface area (Å²) in [5.74, 6) is 0.832. The number of nitrogens with zero attached hydrogens (tertiary/aromatic N) is 1. The highest BCUT2D eigenvalue weighted by molar-refractivity contribution is 5.30. The van der Waals surface area contributed by atoms with E-state index in [1.54, 1.807) is 11.1 Å². The molecule has 2 heteroatoms. The number of hydrogen-bond acceptors (Lipinski definition) is 1. The van der Waals surface area contributed by atoms with E-state index in [-0.39, 0.29) is 0 Å². The van der Waals surface area contributed by atoms with E-state index in [0.29, 0.717) is 6.04 Å². The van der Waals surface area contributed by atoms with Crippen LogP contribution in [0.5, 0.6) is 0 Å². The summed E-state index contributed by atoms with van der Waals surface area (Å²) in [6.07, 6.45) is 7.37. The zero-order valence-electron chi connectivity index (χ0n) is 12.8. The molecule has 1 aliphatic carbocycles. The molecule has 2 nitrogen and oxygen atoms in total. The monoisotopic (exact) mass is 280 g/mol. The molecule has 3 aliphatic rings. The maximum absolute atomic E-state index is 3.43. The summed E-state index contributed by atoms with van der Waals surface area (Å²) >= 11 is 0. The van der Waals surface area contributed by atoms with E-state index in [4.69, 9.17) is 0 Å². The Hall–Kier alpha value is -1.54. The summed E-state index contributed by atoms with van der Waals surface area (Å²) in [4.78, 5) is 6.14. The van der Waals surface area contributed by atoms with Crippen molar-refractivity contribution in [2.45, 2.75) is 45.2 Å². The van der Waals surface area contributed by atoms with Crippen LogP contribution in [0.3, 0.4) is 0 Å². The second-order valence-electron chi connectivity index (χ2n) is 6.91. The Morgan fingerprint density at radius 1 is 1.14 bits per heavy atom. The highest BCUT2D eigenvalue weighted by atomic mass is 15.2. The van der Waals surface area contributed by atoms with E-state index in [0.717, 1.165) is 12.5 Å². The molecule has 3 heterocycles. The Kier molecular flexibility index (Phi) is 3.34. The van der Waals surface area contributed by atoms with Crippen LogP contribution >= 0.6 is 0 Å². The van der Waals surface area contributed by atoms with E-state index in [2.05, 4.69) is 53.3 Å². The van der Waals surface area contributed by atoms with Crippen molar-refractivity contribution in [1.29, 1.82) is 0 Å². The summed E-state index contributed by atoms with van der Waals surface area (Å²) in [5.41, 5.74) is 5.89. The van der Waals surface area contributed by atoms with E-state index in [1.807, 2.05) is 0 Å². The Morgan fingerprint density at radius 2 is 1.95 bits per heavy atom. The highest BCUT2D eigenvalue weighted by Crippen LogP contribution is 2.32. The molecule has 21 heavy (non-hydrogen) atoms.